The average Bonchev–Trinajstić information content (AvgIpc) is 2.77. The Hall–Kier alpha value is -0.610. The molecule has 2 fully saturated rings. The summed E-state index contributed by atoms with van der Waals surface area (Å²) in [5.41, 5.74) is 0. The van der Waals surface area contributed by atoms with Crippen molar-refractivity contribution in [2.75, 3.05) is 26.2 Å². The number of rotatable bonds is 4. The zero-order valence-corrected chi connectivity index (χ0v) is 11.5. The van der Waals surface area contributed by atoms with Crippen LogP contribution in [0.25, 0.3) is 0 Å². The van der Waals surface area contributed by atoms with Gasteiger partial charge in [0, 0.05) is 25.7 Å². The van der Waals surface area contributed by atoms with Gasteiger partial charge in [-0.25, -0.2) is 0 Å². The van der Waals surface area contributed by atoms with Crippen molar-refractivity contribution in [2.24, 2.45) is 0 Å². The molecule has 1 unspecified atom stereocenters. The maximum atomic E-state index is 12.3. The highest BCUT2D eigenvalue weighted by atomic mass is 16.3. The van der Waals surface area contributed by atoms with E-state index in [-0.39, 0.29) is 12.0 Å². The molecular weight excluding hydrogens is 228 g/mol. The third-order valence-corrected chi connectivity index (χ3v) is 4.28. The smallest absolute Gasteiger partial charge is 0.236 e. The summed E-state index contributed by atoms with van der Waals surface area (Å²) in [5.74, 6) is 0.249. The highest BCUT2D eigenvalue weighted by Gasteiger charge is 2.27. The first-order valence-electron chi connectivity index (χ1n) is 7.40. The molecule has 4 nitrogen and oxygen atoms in total. The number of likely N-dealkylation sites (tertiary alicyclic amines) is 1. The molecule has 1 saturated carbocycles. The molecule has 2 aliphatic rings. The second-order valence-electron chi connectivity index (χ2n) is 5.65. The van der Waals surface area contributed by atoms with E-state index in [1.807, 2.05) is 0 Å². The quantitative estimate of drug-likeness (QED) is 0.821. The first kappa shape index (κ1) is 13.8. The number of carbonyl (C=O) groups is 1. The SMILES string of the molecule is CCN(C(=O)CN1CCC(O)C1)C1CCCCC1. The monoisotopic (exact) mass is 254 g/mol. The lowest BCUT2D eigenvalue weighted by Gasteiger charge is -2.34. The number of hydrogen-bond donors (Lipinski definition) is 1. The predicted molar refractivity (Wildman–Crippen MR) is 71.3 cm³/mol. The normalized spacial score (nSPS) is 26.4. The molecule has 0 spiro atoms. The van der Waals surface area contributed by atoms with Gasteiger partial charge < -0.3 is 10.0 Å². The second kappa shape index (κ2) is 6.53. The maximum absolute atomic E-state index is 12.3. The van der Waals surface area contributed by atoms with Gasteiger partial charge in [0.25, 0.3) is 0 Å². The number of hydrogen-bond acceptors (Lipinski definition) is 3. The van der Waals surface area contributed by atoms with E-state index in [1.165, 1.54) is 32.1 Å². The number of nitrogens with zero attached hydrogens (tertiary/aromatic N) is 2. The van der Waals surface area contributed by atoms with Gasteiger partial charge in [0.05, 0.1) is 12.6 Å². The fourth-order valence-electron chi connectivity index (χ4n) is 3.27. The molecule has 1 amide bonds. The number of carbonyl (C=O) groups excluding carboxylic acids is 1. The summed E-state index contributed by atoms with van der Waals surface area (Å²) in [6.45, 7) is 4.90. The van der Waals surface area contributed by atoms with E-state index >= 15 is 0 Å². The first-order chi connectivity index (χ1) is 8.70. The van der Waals surface area contributed by atoms with Gasteiger partial charge in [0.15, 0.2) is 0 Å². The predicted octanol–water partition coefficient (Wildman–Crippen LogP) is 1.23. The van der Waals surface area contributed by atoms with Gasteiger partial charge in [-0.15, -0.1) is 0 Å². The summed E-state index contributed by atoms with van der Waals surface area (Å²) in [6.07, 6.45) is 6.75. The highest BCUT2D eigenvalue weighted by molar-refractivity contribution is 5.78. The number of aliphatic hydroxyl groups is 1. The summed E-state index contributed by atoms with van der Waals surface area (Å²) in [7, 11) is 0. The van der Waals surface area contributed by atoms with Gasteiger partial charge in [-0.05, 0) is 26.2 Å². The van der Waals surface area contributed by atoms with E-state index in [9.17, 15) is 9.90 Å². The summed E-state index contributed by atoms with van der Waals surface area (Å²) in [4.78, 5) is 16.5. The van der Waals surface area contributed by atoms with E-state index in [0.717, 1.165) is 19.5 Å². The second-order valence-corrected chi connectivity index (χ2v) is 5.65. The number of β-amino-alcohol motifs (C(OH)–C–C–N with tert-alkyl or cyclic N) is 1. The van der Waals surface area contributed by atoms with Crippen LogP contribution in [0.1, 0.15) is 45.4 Å². The third-order valence-electron chi connectivity index (χ3n) is 4.28. The highest BCUT2D eigenvalue weighted by Crippen LogP contribution is 2.23. The molecule has 1 atom stereocenters. The minimum absolute atomic E-state index is 0.234. The molecule has 1 saturated heterocycles. The molecule has 1 N–H and O–H groups in total. The molecule has 1 heterocycles. The molecule has 2 rings (SSSR count). The Morgan fingerprint density at radius 2 is 2.00 bits per heavy atom. The molecule has 4 heteroatoms. The van der Waals surface area contributed by atoms with Crippen LogP contribution in [0.5, 0.6) is 0 Å². The van der Waals surface area contributed by atoms with Crippen molar-refractivity contribution < 1.29 is 9.90 Å². The summed E-state index contributed by atoms with van der Waals surface area (Å²) >= 11 is 0. The molecule has 0 bridgehead atoms. The van der Waals surface area contributed by atoms with Crippen molar-refractivity contribution in [2.45, 2.75) is 57.6 Å². The summed E-state index contributed by atoms with van der Waals surface area (Å²) in [5, 5.41) is 9.49. The molecular formula is C14H26N2O2. The van der Waals surface area contributed by atoms with Crippen LogP contribution in [-0.4, -0.2) is 59.1 Å². The minimum Gasteiger partial charge on any atom is -0.392 e. The number of likely N-dealkylation sites (N-methyl/N-ethyl adjacent to an activating group) is 1. The Kier molecular flexibility index (Phi) is 5.01. The van der Waals surface area contributed by atoms with E-state index in [0.29, 0.717) is 19.1 Å². The zero-order chi connectivity index (χ0) is 13.0. The fourth-order valence-corrected chi connectivity index (χ4v) is 3.27. The maximum Gasteiger partial charge on any atom is 0.236 e. The average molecular weight is 254 g/mol. The van der Waals surface area contributed by atoms with Gasteiger partial charge in [-0.3, -0.25) is 9.69 Å². The van der Waals surface area contributed by atoms with E-state index < -0.39 is 0 Å². The van der Waals surface area contributed by atoms with Crippen LogP contribution in [-0.2, 0) is 4.79 Å². The van der Waals surface area contributed by atoms with Crippen LogP contribution in [0.15, 0.2) is 0 Å². The van der Waals surface area contributed by atoms with Crippen molar-refractivity contribution in [1.82, 2.24) is 9.80 Å². The van der Waals surface area contributed by atoms with Crippen LogP contribution in [0, 0.1) is 0 Å². The van der Waals surface area contributed by atoms with Crippen molar-refractivity contribution >= 4 is 5.91 Å². The topological polar surface area (TPSA) is 43.8 Å². The molecule has 0 aromatic carbocycles. The largest absolute Gasteiger partial charge is 0.392 e. The lowest BCUT2D eigenvalue weighted by Crippen LogP contribution is -2.46. The third kappa shape index (κ3) is 3.45. The molecule has 18 heavy (non-hydrogen) atoms. The molecule has 1 aliphatic heterocycles. The number of amides is 1. The zero-order valence-electron chi connectivity index (χ0n) is 11.5. The lowest BCUT2D eigenvalue weighted by atomic mass is 9.94. The van der Waals surface area contributed by atoms with Gasteiger partial charge >= 0.3 is 0 Å². The van der Waals surface area contributed by atoms with Gasteiger partial charge in [-0.2, -0.15) is 0 Å². The molecule has 0 aromatic heterocycles. The fraction of sp³-hybridized carbons (Fsp3) is 0.929. The standard InChI is InChI=1S/C14H26N2O2/c1-2-16(12-6-4-3-5-7-12)14(18)11-15-9-8-13(17)10-15/h12-13,17H,2-11H2,1H3. The van der Waals surface area contributed by atoms with Crippen molar-refractivity contribution in [3.05, 3.63) is 0 Å². The van der Waals surface area contributed by atoms with Crippen LogP contribution in [0.4, 0.5) is 0 Å². The Morgan fingerprint density at radius 1 is 1.28 bits per heavy atom. The molecule has 0 radical (unpaired) electrons. The Morgan fingerprint density at radius 3 is 2.56 bits per heavy atom. The molecule has 1 aliphatic carbocycles. The van der Waals surface area contributed by atoms with Crippen LogP contribution in [0.3, 0.4) is 0 Å². The molecule has 104 valence electrons. The van der Waals surface area contributed by atoms with Crippen LogP contribution >= 0.6 is 0 Å². The lowest BCUT2D eigenvalue weighted by molar-refractivity contribution is -0.135. The van der Waals surface area contributed by atoms with E-state index in [2.05, 4.69) is 16.7 Å². The summed E-state index contributed by atoms with van der Waals surface area (Å²) < 4.78 is 0. The van der Waals surface area contributed by atoms with Gasteiger partial charge in [0.2, 0.25) is 5.91 Å². The van der Waals surface area contributed by atoms with E-state index in [1.54, 1.807) is 0 Å². The van der Waals surface area contributed by atoms with Gasteiger partial charge in [-0.1, -0.05) is 19.3 Å². The molecule has 0 aromatic rings. The van der Waals surface area contributed by atoms with Crippen LogP contribution < -0.4 is 0 Å². The van der Waals surface area contributed by atoms with Crippen molar-refractivity contribution in [1.29, 1.82) is 0 Å². The van der Waals surface area contributed by atoms with Gasteiger partial charge in [0.1, 0.15) is 0 Å². The van der Waals surface area contributed by atoms with Crippen molar-refractivity contribution in [3.8, 4) is 0 Å². The Balaban J connectivity index is 1.84. The van der Waals surface area contributed by atoms with E-state index in [4.69, 9.17) is 0 Å². The summed E-state index contributed by atoms with van der Waals surface area (Å²) in [6, 6.07) is 0.462. The first-order valence-corrected chi connectivity index (χ1v) is 7.40. The van der Waals surface area contributed by atoms with Crippen LogP contribution in [0.2, 0.25) is 0 Å². The number of aliphatic hydroxyl groups excluding tert-OH is 1. The van der Waals surface area contributed by atoms with Crippen molar-refractivity contribution in [3.63, 3.8) is 0 Å². The Labute approximate surface area is 110 Å². The minimum atomic E-state index is -0.234. The Bertz CT molecular complexity index is 277.